The number of hydrogen-bond acceptors (Lipinski definition) is 3. The smallest absolute Gasteiger partial charge is 0.225 e. The van der Waals surface area contributed by atoms with Gasteiger partial charge in [-0.25, -0.2) is 4.39 Å². The molecule has 0 bridgehead atoms. The minimum atomic E-state index is -0.520. The van der Waals surface area contributed by atoms with Crippen LogP contribution in [0.5, 0.6) is 11.5 Å². The van der Waals surface area contributed by atoms with Gasteiger partial charge >= 0.3 is 0 Å². The summed E-state index contributed by atoms with van der Waals surface area (Å²) in [4.78, 5) is 12.1. The van der Waals surface area contributed by atoms with Gasteiger partial charge in [0.05, 0.1) is 19.9 Å². The van der Waals surface area contributed by atoms with Gasteiger partial charge in [-0.2, -0.15) is 0 Å². The average Bonchev–Trinajstić information content (AvgIpc) is 2.53. The lowest BCUT2D eigenvalue weighted by atomic mass is 9.83. The van der Waals surface area contributed by atoms with Crippen LogP contribution in [0.1, 0.15) is 23.5 Å². The fraction of sp³-hybridized carbons (Fsp3) is 0.235. The second-order valence-corrected chi connectivity index (χ2v) is 5.64. The molecule has 0 aliphatic carbocycles. The van der Waals surface area contributed by atoms with E-state index in [-0.39, 0.29) is 17.4 Å². The standard InChI is InChI=1S/C17H15ClFNO3/c1-22-9-6-13-17(14(7-9)23-2)10(8-15(21)20-13)16-11(18)4-3-5-12(16)19/h3-7,10H,8H2,1-2H3,(H,20,21)/t10-/m1/s1. The Hall–Kier alpha value is -2.27. The van der Waals surface area contributed by atoms with E-state index in [1.165, 1.54) is 26.4 Å². The van der Waals surface area contributed by atoms with E-state index < -0.39 is 11.7 Å². The molecule has 2 aromatic rings. The highest BCUT2D eigenvalue weighted by Gasteiger charge is 2.33. The lowest BCUT2D eigenvalue weighted by Crippen LogP contribution is -2.25. The van der Waals surface area contributed by atoms with Crippen LogP contribution in [0.2, 0.25) is 5.02 Å². The molecule has 1 aliphatic rings. The summed E-state index contributed by atoms with van der Waals surface area (Å²) >= 11 is 6.19. The molecule has 0 saturated heterocycles. The summed E-state index contributed by atoms with van der Waals surface area (Å²) in [5, 5.41) is 3.07. The van der Waals surface area contributed by atoms with Crippen LogP contribution in [0.15, 0.2) is 30.3 Å². The van der Waals surface area contributed by atoms with Gasteiger partial charge in [0.15, 0.2) is 0 Å². The molecule has 0 fully saturated rings. The van der Waals surface area contributed by atoms with Gasteiger partial charge in [-0.1, -0.05) is 17.7 Å². The predicted octanol–water partition coefficient (Wildman–Crippen LogP) is 3.97. The first-order chi connectivity index (χ1) is 11.0. The zero-order chi connectivity index (χ0) is 16.6. The van der Waals surface area contributed by atoms with Crippen LogP contribution in [0, 0.1) is 5.82 Å². The zero-order valence-electron chi connectivity index (χ0n) is 12.7. The Balaban J connectivity index is 2.24. The molecule has 0 spiro atoms. The minimum absolute atomic E-state index is 0.0936. The lowest BCUT2D eigenvalue weighted by molar-refractivity contribution is -0.116. The van der Waals surface area contributed by atoms with E-state index in [1.54, 1.807) is 18.2 Å². The summed E-state index contributed by atoms with van der Waals surface area (Å²) < 4.78 is 25.0. The van der Waals surface area contributed by atoms with Crippen LogP contribution in [-0.2, 0) is 4.79 Å². The van der Waals surface area contributed by atoms with Crippen LogP contribution in [0.25, 0.3) is 0 Å². The van der Waals surface area contributed by atoms with E-state index in [2.05, 4.69) is 5.32 Å². The fourth-order valence-electron chi connectivity index (χ4n) is 2.93. The quantitative estimate of drug-likeness (QED) is 0.923. The molecule has 2 aromatic carbocycles. The zero-order valence-corrected chi connectivity index (χ0v) is 13.4. The second kappa shape index (κ2) is 6.08. The summed E-state index contributed by atoms with van der Waals surface area (Å²) in [5.74, 6) is -0.115. The summed E-state index contributed by atoms with van der Waals surface area (Å²) in [6.45, 7) is 0. The maximum atomic E-state index is 14.4. The summed E-state index contributed by atoms with van der Waals surface area (Å²) in [6, 6.07) is 7.89. The second-order valence-electron chi connectivity index (χ2n) is 5.23. The highest BCUT2D eigenvalue weighted by Crippen LogP contribution is 2.46. The predicted molar refractivity (Wildman–Crippen MR) is 86.0 cm³/mol. The van der Waals surface area contributed by atoms with Crippen LogP contribution >= 0.6 is 11.6 Å². The van der Waals surface area contributed by atoms with E-state index in [4.69, 9.17) is 21.1 Å². The number of anilines is 1. The molecule has 3 rings (SSSR count). The Morgan fingerprint density at radius 1 is 1.22 bits per heavy atom. The first-order valence-electron chi connectivity index (χ1n) is 7.04. The van der Waals surface area contributed by atoms with Crippen LogP contribution in [-0.4, -0.2) is 20.1 Å². The topological polar surface area (TPSA) is 47.6 Å². The van der Waals surface area contributed by atoms with Gasteiger partial charge in [-0.3, -0.25) is 4.79 Å². The van der Waals surface area contributed by atoms with Gasteiger partial charge < -0.3 is 14.8 Å². The summed E-state index contributed by atoms with van der Waals surface area (Å²) in [7, 11) is 3.04. The van der Waals surface area contributed by atoms with Gasteiger partial charge in [0.2, 0.25) is 5.91 Å². The number of nitrogens with one attached hydrogen (secondary N) is 1. The molecule has 120 valence electrons. The molecule has 6 heteroatoms. The Kier molecular flexibility index (Phi) is 4.13. The largest absolute Gasteiger partial charge is 0.497 e. The normalized spacial score (nSPS) is 16.5. The minimum Gasteiger partial charge on any atom is -0.497 e. The number of fused-ring (bicyclic) bond motifs is 1. The number of hydrogen-bond donors (Lipinski definition) is 1. The van der Waals surface area contributed by atoms with Crippen LogP contribution in [0.4, 0.5) is 10.1 Å². The highest BCUT2D eigenvalue weighted by molar-refractivity contribution is 6.31. The van der Waals surface area contributed by atoms with Crippen molar-refractivity contribution in [1.29, 1.82) is 0 Å². The van der Waals surface area contributed by atoms with Crippen molar-refractivity contribution in [2.75, 3.05) is 19.5 Å². The molecule has 0 saturated carbocycles. The number of carbonyl (C=O) groups excluding carboxylic acids is 1. The first-order valence-corrected chi connectivity index (χ1v) is 7.42. The third kappa shape index (κ3) is 2.72. The number of halogens is 2. The number of methoxy groups -OCH3 is 2. The van der Waals surface area contributed by atoms with Crippen LogP contribution < -0.4 is 14.8 Å². The molecule has 0 unspecified atom stereocenters. The first kappa shape index (κ1) is 15.6. The van der Waals surface area contributed by atoms with E-state index >= 15 is 0 Å². The SMILES string of the molecule is COc1cc2c(c(OC)c1)[C@@H](c1c(F)cccc1Cl)CC(=O)N2. The van der Waals surface area contributed by atoms with Crippen molar-refractivity contribution >= 4 is 23.2 Å². The van der Waals surface area contributed by atoms with Gasteiger partial charge in [0.1, 0.15) is 17.3 Å². The fourth-order valence-corrected chi connectivity index (χ4v) is 3.22. The third-order valence-corrected chi connectivity index (χ3v) is 4.26. The monoisotopic (exact) mass is 335 g/mol. The molecule has 23 heavy (non-hydrogen) atoms. The molecule has 4 nitrogen and oxygen atoms in total. The highest BCUT2D eigenvalue weighted by atomic mass is 35.5. The van der Waals surface area contributed by atoms with E-state index in [0.29, 0.717) is 28.3 Å². The molecule has 1 aliphatic heterocycles. The lowest BCUT2D eigenvalue weighted by Gasteiger charge is -2.29. The van der Waals surface area contributed by atoms with Crippen molar-refractivity contribution in [3.05, 3.63) is 52.3 Å². The molecule has 1 amide bonds. The summed E-state index contributed by atoms with van der Waals surface area (Å²) in [5.41, 5.74) is 1.54. The Morgan fingerprint density at radius 3 is 2.65 bits per heavy atom. The molecular weight excluding hydrogens is 321 g/mol. The van der Waals surface area contributed by atoms with E-state index in [1.807, 2.05) is 0 Å². The van der Waals surface area contributed by atoms with Gasteiger partial charge in [-0.05, 0) is 12.1 Å². The molecule has 0 aromatic heterocycles. The van der Waals surface area contributed by atoms with Gasteiger partial charge in [0, 0.05) is 40.6 Å². The number of ether oxygens (including phenoxy) is 2. The maximum Gasteiger partial charge on any atom is 0.225 e. The molecule has 1 N–H and O–H groups in total. The Bertz CT molecular complexity index is 758. The van der Waals surface area contributed by atoms with Crippen molar-refractivity contribution in [3.8, 4) is 11.5 Å². The summed E-state index contributed by atoms with van der Waals surface area (Å²) in [6.07, 6.45) is 0.0936. The molecule has 1 atom stereocenters. The van der Waals surface area contributed by atoms with Crippen molar-refractivity contribution in [3.63, 3.8) is 0 Å². The number of amides is 1. The number of carbonyl (C=O) groups is 1. The van der Waals surface area contributed by atoms with Crippen molar-refractivity contribution in [2.45, 2.75) is 12.3 Å². The van der Waals surface area contributed by atoms with Crippen LogP contribution in [0.3, 0.4) is 0 Å². The number of rotatable bonds is 3. The Morgan fingerprint density at radius 2 is 2.00 bits per heavy atom. The van der Waals surface area contributed by atoms with Gasteiger partial charge in [0.25, 0.3) is 0 Å². The third-order valence-electron chi connectivity index (χ3n) is 3.93. The molecule has 0 radical (unpaired) electrons. The van der Waals surface area contributed by atoms with E-state index in [9.17, 15) is 9.18 Å². The molecular formula is C17H15ClFNO3. The van der Waals surface area contributed by atoms with Crippen molar-refractivity contribution in [2.24, 2.45) is 0 Å². The van der Waals surface area contributed by atoms with Crippen molar-refractivity contribution in [1.82, 2.24) is 0 Å². The van der Waals surface area contributed by atoms with E-state index in [0.717, 1.165) is 0 Å². The average molecular weight is 336 g/mol. The number of benzene rings is 2. The van der Waals surface area contributed by atoms with Gasteiger partial charge in [-0.15, -0.1) is 0 Å². The molecule has 1 heterocycles. The van der Waals surface area contributed by atoms with Crippen molar-refractivity contribution < 1.29 is 18.7 Å². The Labute approximate surface area is 138 Å². The maximum absolute atomic E-state index is 14.4.